The number of benzene rings is 2. The Hall–Kier alpha value is -2.47. The van der Waals surface area contributed by atoms with E-state index in [2.05, 4.69) is 15.3 Å². The van der Waals surface area contributed by atoms with Gasteiger partial charge in [-0.25, -0.2) is 0 Å². The molecule has 0 amide bonds. The second-order valence-corrected chi connectivity index (χ2v) is 6.88. The highest BCUT2D eigenvalue weighted by molar-refractivity contribution is 7.71. The minimum atomic E-state index is 0.205. The zero-order valence-electron chi connectivity index (χ0n) is 13.9. The molecular weight excluding hydrogens is 332 g/mol. The van der Waals surface area contributed by atoms with E-state index < -0.39 is 0 Å². The number of rotatable bonds is 3. The van der Waals surface area contributed by atoms with Crippen molar-refractivity contribution < 1.29 is 5.11 Å². The third-order valence-corrected chi connectivity index (χ3v) is 5.16. The minimum absolute atomic E-state index is 0.205. The molecule has 6 heteroatoms. The van der Waals surface area contributed by atoms with Crippen LogP contribution in [0.4, 0.5) is 0 Å². The fraction of sp³-hybridized carbons (Fsp3) is 0.316. The Morgan fingerprint density at radius 2 is 1.96 bits per heavy atom. The predicted molar refractivity (Wildman–Crippen MR) is 102 cm³/mol. The summed E-state index contributed by atoms with van der Waals surface area (Å²) < 4.78 is 2.18. The van der Waals surface area contributed by atoms with Crippen LogP contribution in [0.25, 0.3) is 10.8 Å². The minimum Gasteiger partial charge on any atom is -0.507 e. The van der Waals surface area contributed by atoms with Crippen molar-refractivity contribution >= 4 is 29.2 Å². The average molecular weight is 352 g/mol. The van der Waals surface area contributed by atoms with E-state index >= 15 is 0 Å². The van der Waals surface area contributed by atoms with E-state index in [0.717, 1.165) is 29.4 Å². The largest absolute Gasteiger partial charge is 0.507 e. The van der Waals surface area contributed by atoms with Crippen LogP contribution in [0.2, 0.25) is 0 Å². The molecule has 1 aromatic heterocycles. The van der Waals surface area contributed by atoms with Crippen LogP contribution in [0.5, 0.6) is 5.75 Å². The summed E-state index contributed by atoms with van der Waals surface area (Å²) in [5.41, 5.74) is 0.691. The summed E-state index contributed by atoms with van der Waals surface area (Å²) in [7, 11) is 0. The summed E-state index contributed by atoms with van der Waals surface area (Å²) in [5, 5.41) is 24.1. The van der Waals surface area contributed by atoms with Gasteiger partial charge in [0.1, 0.15) is 5.75 Å². The number of aromatic amines is 1. The highest BCUT2D eigenvalue weighted by Crippen LogP contribution is 2.31. The average Bonchev–Trinajstić information content (AvgIpc) is 3.02. The van der Waals surface area contributed by atoms with Gasteiger partial charge in [-0.3, -0.25) is 5.10 Å². The van der Waals surface area contributed by atoms with Crippen molar-refractivity contribution in [2.75, 3.05) is 0 Å². The second kappa shape index (κ2) is 6.80. The van der Waals surface area contributed by atoms with E-state index in [4.69, 9.17) is 12.2 Å². The van der Waals surface area contributed by atoms with Crippen LogP contribution in [-0.2, 0) is 0 Å². The van der Waals surface area contributed by atoms with Crippen molar-refractivity contribution in [2.24, 2.45) is 5.10 Å². The summed E-state index contributed by atoms with van der Waals surface area (Å²) >= 11 is 5.35. The number of fused-ring (bicyclic) bond motifs is 1. The van der Waals surface area contributed by atoms with Gasteiger partial charge in [-0.2, -0.15) is 14.9 Å². The normalized spacial score (nSPS) is 16.0. The highest BCUT2D eigenvalue weighted by Gasteiger charge is 2.21. The van der Waals surface area contributed by atoms with Gasteiger partial charge < -0.3 is 5.11 Å². The van der Waals surface area contributed by atoms with Gasteiger partial charge in [0.2, 0.25) is 4.77 Å². The number of aromatic nitrogens is 3. The number of phenols is 1. The standard InChI is InChI=1S/C19H20N4OS/c24-17-11-10-13-6-4-5-9-15(13)16(17)12-20-23-18(21-22-19(23)25)14-7-2-1-3-8-14/h4-6,9-12,14,24H,1-3,7-8H2,(H,22,25)/b20-12-. The number of hydrogen-bond donors (Lipinski definition) is 2. The molecule has 0 aliphatic heterocycles. The molecule has 0 radical (unpaired) electrons. The molecule has 4 rings (SSSR count). The van der Waals surface area contributed by atoms with Crippen LogP contribution in [0.3, 0.4) is 0 Å². The maximum atomic E-state index is 10.3. The Balaban J connectivity index is 1.75. The molecule has 25 heavy (non-hydrogen) atoms. The first-order chi connectivity index (χ1) is 12.2. The molecule has 128 valence electrons. The first-order valence-electron chi connectivity index (χ1n) is 8.66. The molecule has 0 unspecified atom stereocenters. The lowest BCUT2D eigenvalue weighted by atomic mass is 9.89. The van der Waals surface area contributed by atoms with E-state index in [1.807, 2.05) is 30.3 Å². The predicted octanol–water partition coefficient (Wildman–Crippen LogP) is 4.73. The van der Waals surface area contributed by atoms with Crippen LogP contribution in [0.1, 0.15) is 49.4 Å². The van der Waals surface area contributed by atoms with Gasteiger partial charge in [-0.15, -0.1) is 0 Å². The number of hydrogen-bond acceptors (Lipinski definition) is 4. The molecule has 1 fully saturated rings. The van der Waals surface area contributed by atoms with Gasteiger partial charge >= 0.3 is 0 Å². The van der Waals surface area contributed by atoms with Crippen molar-refractivity contribution in [2.45, 2.75) is 38.0 Å². The quantitative estimate of drug-likeness (QED) is 0.529. The number of nitrogens with zero attached hydrogens (tertiary/aromatic N) is 3. The van der Waals surface area contributed by atoms with Crippen molar-refractivity contribution in [3.63, 3.8) is 0 Å². The third kappa shape index (κ3) is 3.09. The van der Waals surface area contributed by atoms with E-state index in [0.29, 0.717) is 16.3 Å². The molecule has 1 aliphatic carbocycles. The topological polar surface area (TPSA) is 66.2 Å². The second-order valence-electron chi connectivity index (χ2n) is 6.50. The molecule has 3 aromatic rings. The van der Waals surface area contributed by atoms with Crippen molar-refractivity contribution in [3.05, 3.63) is 52.6 Å². The Bertz CT molecular complexity index is 982. The maximum Gasteiger partial charge on any atom is 0.216 e. The van der Waals surface area contributed by atoms with Crippen LogP contribution >= 0.6 is 12.2 Å². The molecule has 5 nitrogen and oxygen atoms in total. The van der Waals surface area contributed by atoms with Gasteiger partial charge in [-0.1, -0.05) is 49.6 Å². The smallest absolute Gasteiger partial charge is 0.216 e. The third-order valence-electron chi connectivity index (χ3n) is 4.90. The monoisotopic (exact) mass is 352 g/mol. The number of H-pyrrole nitrogens is 1. The molecule has 2 aromatic carbocycles. The van der Waals surface area contributed by atoms with Crippen molar-refractivity contribution in [3.8, 4) is 5.75 Å². The van der Waals surface area contributed by atoms with Crippen molar-refractivity contribution in [1.29, 1.82) is 0 Å². The summed E-state index contributed by atoms with van der Waals surface area (Å²) in [6.07, 6.45) is 7.64. The zero-order chi connectivity index (χ0) is 17.2. The molecule has 0 saturated heterocycles. The van der Waals surface area contributed by atoms with Crippen LogP contribution in [-0.4, -0.2) is 26.2 Å². The molecule has 2 N–H and O–H groups in total. The molecular formula is C19H20N4OS. The molecule has 1 aliphatic rings. The summed E-state index contributed by atoms with van der Waals surface area (Å²) in [5.74, 6) is 1.48. The van der Waals surface area contributed by atoms with Crippen LogP contribution in [0.15, 0.2) is 41.5 Å². The fourth-order valence-electron chi connectivity index (χ4n) is 3.58. The maximum absolute atomic E-state index is 10.3. The SMILES string of the molecule is Oc1ccc2ccccc2c1/C=N\n1c(C2CCCCC2)n[nH]c1=S. The summed E-state index contributed by atoms with van der Waals surface area (Å²) in [6, 6.07) is 11.5. The first-order valence-corrected chi connectivity index (χ1v) is 9.07. The fourth-order valence-corrected chi connectivity index (χ4v) is 3.76. The first kappa shape index (κ1) is 16.0. The molecule has 1 saturated carbocycles. The highest BCUT2D eigenvalue weighted by atomic mass is 32.1. The lowest BCUT2D eigenvalue weighted by Crippen LogP contribution is -2.10. The van der Waals surface area contributed by atoms with Gasteiger partial charge in [-0.05, 0) is 41.9 Å². The lowest BCUT2D eigenvalue weighted by molar-refractivity contribution is 0.419. The van der Waals surface area contributed by atoms with Gasteiger partial charge in [0.25, 0.3) is 0 Å². The van der Waals surface area contributed by atoms with Crippen LogP contribution < -0.4 is 0 Å². The number of aromatic hydroxyl groups is 1. The van der Waals surface area contributed by atoms with Gasteiger partial charge in [0, 0.05) is 11.5 Å². The molecule has 0 spiro atoms. The molecule has 0 bridgehead atoms. The van der Waals surface area contributed by atoms with E-state index in [9.17, 15) is 5.11 Å². The summed E-state index contributed by atoms with van der Waals surface area (Å²) in [6.45, 7) is 0. The van der Waals surface area contributed by atoms with E-state index in [-0.39, 0.29) is 5.75 Å². The Morgan fingerprint density at radius 1 is 1.16 bits per heavy atom. The van der Waals surface area contributed by atoms with Crippen LogP contribution in [0, 0.1) is 4.77 Å². The lowest BCUT2D eigenvalue weighted by Gasteiger charge is -2.19. The van der Waals surface area contributed by atoms with E-state index in [1.165, 1.54) is 19.3 Å². The number of phenolic OH excluding ortho intramolecular Hbond substituents is 1. The van der Waals surface area contributed by atoms with Gasteiger partial charge in [0.15, 0.2) is 5.82 Å². The zero-order valence-corrected chi connectivity index (χ0v) is 14.7. The molecule has 1 heterocycles. The number of nitrogens with one attached hydrogen (secondary N) is 1. The van der Waals surface area contributed by atoms with E-state index in [1.54, 1.807) is 17.0 Å². The summed E-state index contributed by atoms with van der Waals surface area (Å²) in [4.78, 5) is 0. The Labute approximate surface area is 151 Å². The Morgan fingerprint density at radius 3 is 2.80 bits per heavy atom. The molecule has 0 atom stereocenters. The Kier molecular flexibility index (Phi) is 4.36. The van der Waals surface area contributed by atoms with Crippen molar-refractivity contribution in [1.82, 2.24) is 14.9 Å². The van der Waals surface area contributed by atoms with Gasteiger partial charge in [0.05, 0.1) is 6.21 Å².